The lowest BCUT2D eigenvalue weighted by atomic mass is 9.98. The number of amides is 1. The average Bonchev–Trinajstić information content (AvgIpc) is 2.91. The van der Waals surface area contributed by atoms with E-state index in [-0.39, 0.29) is 30.3 Å². The van der Waals surface area contributed by atoms with Crippen LogP contribution >= 0.6 is 0 Å². The highest BCUT2D eigenvalue weighted by Crippen LogP contribution is 2.19. The van der Waals surface area contributed by atoms with Crippen LogP contribution in [0.4, 0.5) is 0 Å². The molecular weight excluding hydrogens is 334 g/mol. The van der Waals surface area contributed by atoms with Gasteiger partial charge in [0.05, 0.1) is 36.9 Å². The summed E-state index contributed by atoms with van der Waals surface area (Å²) in [4.78, 5) is 13.0. The summed E-state index contributed by atoms with van der Waals surface area (Å²) in [5.41, 5.74) is 11.6. The molecule has 0 aromatic carbocycles. The topological polar surface area (TPSA) is 131 Å². The van der Waals surface area contributed by atoms with E-state index in [1.807, 2.05) is 20.0 Å². The number of hydrogen-bond acceptors (Lipinski definition) is 6. The number of carbonyl (C=O) groups is 1. The van der Waals surface area contributed by atoms with Crippen molar-refractivity contribution in [1.82, 2.24) is 16.0 Å². The fraction of sp³-hybridized carbons (Fsp3) is 0.765. The molecule has 26 heavy (non-hydrogen) atoms. The molecule has 0 bridgehead atoms. The smallest absolute Gasteiger partial charge is 0.230 e. The van der Waals surface area contributed by atoms with Crippen LogP contribution in [0.2, 0.25) is 0 Å². The highest BCUT2D eigenvalue weighted by atomic mass is 16.5. The number of nitrogens with zero attached hydrogens (tertiary/aromatic N) is 2. The molecule has 3 rings (SSSR count). The van der Waals surface area contributed by atoms with Gasteiger partial charge in [-0.25, -0.2) is 0 Å². The van der Waals surface area contributed by atoms with Crippen molar-refractivity contribution >= 4 is 5.91 Å². The fourth-order valence-electron chi connectivity index (χ4n) is 3.87. The normalized spacial score (nSPS) is 37.0. The third-order valence-corrected chi connectivity index (χ3v) is 5.05. The van der Waals surface area contributed by atoms with Gasteiger partial charge in [0.1, 0.15) is 12.1 Å². The molecule has 0 saturated carbocycles. The molecule has 6 N–H and O–H groups in total. The van der Waals surface area contributed by atoms with E-state index < -0.39 is 12.1 Å². The van der Waals surface area contributed by atoms with Crippen molar-refractivity contribution < 1.29 is 14.5 Å². The van der Waals surface area contributed by atoms with Crippen LogP contribution < -0.4 is 26.7 Å². The minimum absolute atomic E-state index is 0.000316. The van der Waals surface area contributed by atoms with Crippen molar-refractivity contribution in [2.45, 2.75) is 57.3 Å². The molecule has 6 unspecified atom stereocenters. The maximum Gasteiger partial charge on any atom is 0.230 e. The number of hydrogen-bond donors (Lipinski definition) is 5. The molecule has 0 aromatic rings. The number of rotatable bonds is 5. The lowest BCUT2D eigenvalue weighted by Crippen LogP contribution is -3.09. The summed E-state index contributed by atoms with van der Waals surface area (Å²) < 4.78 is 5.97. The maximum atomic E-state index is 13.0. The number of carbonyl (C=O) groups excluding carboxylic acids is 1. The van der Waals surface area contributed by atoms with Crippen LogP contribution in [0.5, 0.6) is 0 Å². The van der Waals surface area contributed by atoms with Crippen LogP contribution in [0.15, 0.2) is 11.8 Å². The van der Waals surface area contributed by atoms with Crippen molar-refractivity contribution in [2.24, 2.45) is 11.7 Å². The Morgan fingerprint density at radius 1 is 1.62 bits per heavy atom. The molecule has 0 aliphatic carbocycles. The zero-order valence-corrected chi connectivity index (χ0v) is 15.4. The maximum absolute atomic E-state index is 13.0. The monoisotopic (exact) mass is 363 g/mol. The zero-order chi connectivity index (χ0) is 18.7. The Kier molecular flexibility index (Phi) is 6.24. The first-order valence-corrected chi connectivity index (χ1v) is 9.29. The molecule has 1 amide bonds. The van der Waals surface area contributed by atoms with Gasteiger partial charge in [0.15, 0.2) is 0 Å². The van der Waals surface area contributed by atoms with Crippen molar-refractivity contribution in [2.75, 3.05) is 19.6 Å². The molecular formula is C17H29N7O2. The minimum atomic E-state index is -0.582. The van der Waals surface area contributed by atoms with Gasteiger partial charge in [-0.1, -0.05) is 0 Å². The van der Waals surface area contributed by atoms with Crippen LogP contribution in [-0.4, -0.2) is 56.1 Å². The van der Waals surface area contributed by atoms with Gasteiger partial charge in [0, 0.05) is 18.7 Å². The first kappa shape index (κ1) is 19.2. The Hall–Kier alpha value is -1.54. The second-order valence-electron chi connectivity index (χ2n) is 7.40. The third kappa shape index (κ3) is 4.23. The second-order valence-corrected chi connectivity index (χ2v) is 7.40. The molecule has 3 heterocycles. The van der Waals surface area contributed by atoms with E-state index in [9.17, 15) is 4.79 Å². The largest absolute Gasteiger partial charge is 0.431 e. The van der Waals surface area contributed by atoms with Crippen LogP contribution in [-0.2, 0) is 9.53 Å². The first-order chi connectivity index (χ1) is 12.5. The van der Waals surface area contributed by atoms with E-state index in [2.05, 4.69) is 27.4 Å². The number of nitrogens with two attached hydrogens (primary N) is 1. The SMILES string of the molecule is CC(C)OC1CCNCC1NC(=O)C1C(N)[N-][NH+]2C=C(CC#N)CNC12. The Morgan fingerprint density at radius 3 is 3.15 bits per heavy atom. The second kappa shape index (κ2) is 8.43. The van der Waals surface area contributed by atoms with Crippen LogP contribution in [0.3, 0.4) is 0 Å². The highest BCUT2D eigenvalue weighted by Gasteiger charge is 2.43. The molecule has 2 fully saturated rings. The van der Waals surface area contributed by atoms with Crippen molar-refractivity contribution in [3.05, 3.63) is 17.2 Å². The summed E-state index contributed by atoms with van der Waals surface area (Å²) in [5.74, 6) is -0.552. The van der Waals surface area contributed by atoms with Gasteiger partial charge in [-0.2, -0.15) is 5.26 Å². The van der Waals surface area contributed by atoms with Gasteiger partial charge >= 0.3 is 0 Å². The Morgan fingerprint density at radius 2 is 2.42 bits per heavy atom. The number of piperidine rings is 1. The molecule has 2 saturated heterocycles. The average molecular weight is 363 g/mol. The number of nitriles is 1. The summed E-state index contributed by atoms with van der Waals surface area (Å²) in [5, 5.41) is 19.4. The standard InChI is InChI=1S/C17H29N7O2/c1-10(2)26-13-4-6-20-8-12(13)22-17(25)14-15(19)23-24-9-11(3-5-18)7-21-16(14)24/h9-10,12-16,20-21,24H,3-4,6-8,19H2,1-2H3,(H,22,25). The number of fused-ring (bicyclic) bond motifs is 1. The molecule has 9 heteroatoms. The predicted molar refractivity (Wildman–Crippen MR) is 95.3 cm³/mol. The van der Waals surface area contributed by atoms with E-state index in [1.54, 1.807) is 0 Å². The van der Waals surface area contributed by atoms with Crippen LogP contribution in [0.25, 0.3) is 5.43 Å². The van der Waals surface area contributed by atoms with Crippen LogP contribution in [0.1, 0.15) is 26.7 Å². The van der Waals surface area contributed by atoms with Gasteiger partial charge in [0.25, 0.3) is 0 Å². The molecule has 9 nitrogen and oxygen atoms in total. The molecule has 0 radical (unpaired) electrons. The number of quaternary nitrogens is 1. The molecule has 144 valence electrons. The molecule has 0 aromatic heterocycles. The summed E-state index contributed by atoms with van der Waals surface area (Å²) in [6, 6.07) is 2.06. The van der Waals surface area contributed by atoms with Gasteiger partial charge in [-0.05, 0) is 33.0 Å². The lowest BCUT2D eigenvalue weighted by molar-refractivity contribution is -0.833. The summed E-state index contributed by atoms with van der Waals surface area (Å²) in [6.45, 7) is 6.16. The van der Waals surface area contributed by atoms with E-state index >= 15 is 0 Å². The zero-order valence-electron chi connectivity index (χ0n) is 15.4. The molecule has 3 aliphatic heterocycles. The van der Waals surface area contributed by atoms with Gasteiger partial charge < -0.3 is 31.5 Å². The summed E-state index contributed by atoms with van der Waals surface area (Å²) >= 11 is 0. The highest BCUT2D eigenvalue weighted by molar-refractivity contribution is 5.81. The summed E-state index contributed by atoms with van der Waals surface area (Å²) in [7, 11) is 0. The minimum Gasteiger partial charge on any atom is -0.431 e. The predicted octanol–water partition coefficient (Wildman–Crippen LogP) is -1.93. The molecule has 0 spiro atoms. The van der Waals surface area contributed by atoms with Crippen molar-refractivity contribution in [1.29, 1.82) is 5.26 Å². The Bertz CT molecular complexity index is 588. The molecule has 6 atom stereocenters. The van der Waals surface area contributed by atoms with Crippen molar-refractivity contribution in [3.8, 4) is 6.07 Å². The van der Waals surface area contributed by atoms with Crippen molar-refractivity contribution in [3.63, 3.8) is 0 Å². The third-order valence-electron chi connectivity index (χ3n) is 5.05. The molecule has 3 aliphatic rings. The Balaban J connectivity index is 1.65. The summed E-state index contributed by atoms with van der Waals surface area (Å²) in [6.07, 6.45) is 2.46. The van der Waals surface area contributed by atoms with Gasteiger partial charge in [0.2, 0.25) is 5.91 Å². The number of nitrogens with one attached hydrogen (secondary N) is 4. The van der Waals surface area contributed by atoms with E-state index in [4.69, 9.17) is 15.7 Å². The van der Waals surface area contributed by atoms with Gasteiger partial charge in [-0.3, -0.25) is 10.1 Å². The van der Waals surface area contributed by atoms with Gasteiger partial charge in [-0.15, -0.1) is 0 Å². The quantitative estimate of drug-likeness (QED) is 0.387. The first-order valence-electron chi connectivity index (χ1n) is 9.29. The lowest BCUT2D eigenvalue weighted by Gasteiger charge is -2.36. The Labute approximate surface area is 154 Å². The number of ether oxygens (including phenoxy) is 1. The van der Waals surface area contributed by atoms with Crippen LogP contribution in [0, 0.1) is 17.2 Å². The van der Waals surface area contributed by atoms with E-state index in [1.165, 1.54) is 0 Å². The van der Waals surface area contributed by atoms with E-state index in [0.717, 1.165) is 23.5 Å². The fourth-order valence-corrected chi connectivity index (χ4v) is 3.87. The van der Waals surface area contributed by atoms with E-state index in [0.29, 0.717) is 19.5 Å².